The van der Waals surface area contributed by atoms with Crippen LogP contribution in [-0.4, -0.2) is 5.78 Å². The van der Waals surface area contributed by atoms with Gasteiger partial charge in [-0.05, 0) is 43.9 Å². The van der Waals surface area contributed by atoms with Crippen molar-refractivity contribution < 1.29 is 4.79 Å². The lowest BCUT2D eigenvalue weighted by atomic mass is 9.90. The Labute approximate surface area is 92.6 Å². The fourth-order valence-electron chi connectivity index (χ4n) is 1.71. The summed E-state index contributed by atoms with van der Waals surface area (Å²) in [4.78, 5) is 11.5. The Hall–Kier alpha value is -1.07. The molecule has 0 aromatic rings. The molecule has 1 nitrogen and oxygen atoms in total. The summed E-state index contributed by atoms with van der Waals surface area (Å²) in [6, 6.07) is 0. The Bertz CT molecular complexity index is 346. The normalized spacial score (nSPS) is 19.2. The largest absolute Gasteiger partial charge is 0.295 e. The average molecular weight is 204 g/mol. The van der Waals surface area contributed by atoms with Gasteiger partial charge < -0.3 is 0 Å². The molecule has 0 atom stereocenters. The molecule has 0 aromatic heterocycles. The van der Waals surface area contributed by atoms with E-state index < -0.39 is 0 Å². The van der Waals surface area contributed by atoms with Crippen LogP contribution in [-0.2, 0) is 4.79 Å². The quantitative estimate of drug-likeness (QED) is 0.493. The minimum Gasteiger partial charge on any atom is -0.295 e. The summed E-state index contributed by atoms with van der Waals surface area (Å²) in [5.41, 5.74) is 5.32. The molecule has 0 radical (unpaired) electrons. The van der Waals surface area contributed by atoms with E-state index in [4.69, 9.17) is 0 Å². The lowest BCUT2D eigenvalue weighted by Gasteiger charge is -2.14. The maximum atomic E-state index is 11.5. The van der Waals surface area contributed by atoms with Gasteiger partial charge in [0.1, 0.15) is 0 Å². The van der Waals surface area contributed by atoms with Crippen LogP contribution in [0.1, 0.15) is 47.0 Å². The maximum absolute atomic E-state index is 11.5. The van der Waals surface area contributed by atoms with Gasteiger partial charge in [-0.1, -0.05) is 19.9 Å². The molecule has 82 valence electrons. The van der Waals surface area contributed by atoms with Crippen LogP contribution < -0.4 is 0 Å². The highest BCUT2D eigenvalue weighted by Gasteiger charge is 2.20. The van der Waals surface area contributed by atoms with Crippen molar-refractivity contribution in [1.29, 1.82) is 0 Å². The van der Waals surface area contributed by atoms with Crippen LogP contribution >= 0.6 is 0 Å². The van der Waals surface area contributed by atoms with E-state index >= 15 is 0 Å². The van der Waals surface area contributed by atoms with E-state index in [1.807, 2.05) is 19.9 Å². The standard InChI is InChI=1S/C14H20O/c1-11(2)8-9-14(3,4)10-12-6-5-7-13(12)15/h9-10H,5-7H2,1-4H3/b12-10-. The van der Waals surface area contributed by atoms with Gasteiger partial charge in [-0.3, -0.25) is 4.79 Å². The van der Waals surface area contributed by atoms with Gasteiger partial charge in [0.25, 0.3) is 0 Å². The van der Waals surface area contributed by atoms with E-state index in [-0.39, 0.29) is 5.41 Å². The Morgan fingerprint density at radius 2 is 2.00 bits per heavy atom. The highest BCUT2D eigenvalue weighted by Crippen LogP contribution is 2.27. The van der Waals surface area contributed by atoms with Gasteiger partial charge >= 0.3 is 0 Å². The lowest BCUT2D eigenvalue weighted by molar-refractivity contribution is -0.114. The Morgan fingerprint density at radius 1 is 1.33 bits per heavy atom. The Kier molecular flexibility index (Phi) is 3.71. The minimum atomic E-state index is -0.0629. The highest BCUT2D eigenvalue weighted by molar-refractivity contribution is 5.97. The molecule has 1 rings (SSSR count). The Balaban J connectivity index is 2.88. The summed E-state index contributed by atoms with van der Waals surface area (Å²) in [5.74, 6) is 0.327. The van der Waals surface area contributed by atoms with Crippen LogP contribution in [0.25, 0.3) is 0 Å². The van der Waals surface area contributed by atoms with Crippen LogP contribution in [0.5, 0.6) is 0 Å². The van der Waals surface area contributed by atoms with Crippen molar-refractivity contribution in [2.45, 2.75) is 47.0 Å². The first-order chi connectivity index (χ1) is 6.91. The van der Waals surface area contributed by atoms with E-state index in [9.17, 15) is 4.79 Å². The molecule has 0 saturated heterocycles. The second-order valence-electron chi connectivity index (χ2n) is 5.06. The first kappa shape index (κ1) is 12.0. The molecule has 0 spiro atoms. The van der Waals surface area contributed by atoms with Gasteiger partial charge in [-0.2, -0.15) is 0 Å². The molecule has 0 aliphatic heterocycles. The van der Waals surface area contributed by atoms with Crippen molar-refractivity contribution in [2.75, 3.05) is 0 Å². The molecule has 1 heteroatoms. The number of hydrogen-bond donors (Lipinski definition) is 0. The minimum absolute atomic E-state index is 0.0629. The van der Waals surface area contributed by atoms with Crippen molar-refractivity contribution in [1.82, 2.24) is 0 Å². The first-order valence-electron chi connectivity index (χ1n) is 5.57. The monoisotopic (exact) mass is 204 g/mol. The number of rotatable bonds is 2. The predicted octanol–water partition coefficient (Wildman–Crippen LogP) is 3.81. The molecule has 0 amide bonds. The number of carbonyl (C=O) groups is 1. The molecule has 1 aliphatic rings. The average Bonchev–Trinajstić information content (AvgIpc) is 2.48. The topological polar surface area (TPSA) is 17.1 Å². The molecule has 15 heavy (non-hydrogen) atoms. The van der Waals surface area contributed by atoms with Crippen LogP contribution in [0.15, 0.2) is 29.0 Å². The molecule has 1 aliphatic carbocycles. The predicted molar refractivity (Wildman–Crippen MR) is 63.7 cm³/mol. The second-order valence-corrected chi connectivity index (χ2v) is 5.06. The van der Waals surface area contributed by atoms with E-state index in [0.29, 0.717) is 5.78 Å². The summed E-state index contributed by atoms with van der Waals surface area (Å²) in [7, 11) is 0. The third-order valence-corrected chi connectivity index (χ3v) is 2.49. The molecule has 0 N–H and O–H groups in total. The second kappa shape index (κ2) is 4.63. The molecular weight excluding hydrogens is 184 g/mol. The van der Waals surface area contributed by atoms with Gasteiger partial charge in [-0.25, -0.2) is 0 Å². The smallest absolute Gasteiger partial charge is 0.158 e. The molecule has 1 fully saturated rings. The molecule has 0 heterocycles. The molecule has 0 bridgehead atoms. The summed E-state index contributed by atoms with van der Waals surface area (Å²) in [6.45, 7) is 8.28. The number of carbonyl (C=O) groups excluding carboxylic acids is 1. The van der Waals surface area contributed by atoms with E-state index in [1.165, 1.54) is 5.57 Å². The van der Waals surface area contributed by atoms with Gasteiger partial charge in [0.2, 0.25) is 0 Å². The van der Waals surface area contributed by atoms with E-state index in [1.54, 1.807) is 0 Å². The van der Waals surface area contributed by atoms with Gasteiger partial charge in [0.05, 0.1) is 0 Å². The Morgan fingerprint density at radius 3 is 2.47 bits per heavy atom. The van der Waals surface area contributed by atoms with Crippen LogP contribution in [0.2, 0.25) is 0 Å². The number of ketones is 1. The first-order valence-corrected chi connectivity index (χ1v) is 5.57. The fourth-order valence-corrected chi connectivity index (χ4v) is 1.71. The third kappa shape index (κ3) is 3.89. The zero-order chi connectivity index (χ0) is 11.5. The van der Waals surface area contributed by atoms with E-state index in [2.05, 4.69) is 25.7 Å². The van der Waals surface area contributed by atoms with Gasteiger partial charge in [-0.15, -0.1) is 5.73 Å². The molecule has 1 saturated carbocycles. The van der Waals surface area contributed by atoms with Crippen molar-refractivity contribution >= 4 is 5.78 Å². The number of Topliss-reactive ketones (excluding diaryl/α,β-unsaturated/α-hetero) is 1. The summed E-state index contributed by atoms with van der Waals surface area (Å²) in [6.07, 6.45) is 6.84. The van der Waals surface area contributed by atoms with Crippen molar-refractivity contribution in [3.05, 3.63) is 29.0 Å². The fraction of sp³-hybridized carbons (Fsp3) is 0.571. The van der Waals surface area contributed by atoms with Crippen molar-refractivity contribution in [3.8, 4) is 0 Å². The van der Waals surface area contributed by atoms with Gasteiger partial charge in [0, 0.05) is 11.8 Å². The number of allylic oxidation sites excluding steroid dienone is 3. The zero-order valence-corrected chi connectivity index (χ0v) is 10.2. The van der Waals surface area contributed by atoms with Crippen LogP contribution in [0.3, 0.4) is 0 Å². The van der Waals surface area contributed by atoms with Crippen LogP contribution in [0.4, 0.5) is 0 Å². The number of hydrogen-bond acceptors (Lipinski definition) is 1. The zero-order valence-electron chi connectivity index (χ0n) is 10.2. The highest BCUT2D eigenvalue weighted by atomic mass is 16.1. The summed E-state index contributed by atoms with van der Waals surface area (Å²) >= 11 is 0. The third-order valence-electron chi connectivity index (χ3n) is 2.49. The molecule has 0 aromatic carbocycles. The van der Waals surface area contributed by atoms with Crippen molar-refractivity contribution in [2.24, 2.45) is 5.41 Å². The SMILES string of the molecule is CC(C)=C=CC(C)(C)/C=C1/CCCC1=O. The lowest BCUT2D eigenvalue weighted by Crippen LogP contribution is -2.05. The maximum Gasteiger partial charge on any atom is 0.158 e. The summed E-state index contributed by atoms with van der Waals surface area (Å²) in [5, 5.41) is 0. The van der Waals surface area contributed by atoms with Crippen LogP contribution in [0, 0.1) is 5.41 Å². The molecule has 0 unspecified atom stereocenters. The molecular formula is C14H20O. The van der Waals surface area contributed by atoms with Crippen molar-refractivity contribution in [3.63, 3.8) is 0 Å². The van der Waals surface area contributed by atoms with Gasteiger partial charge in [0.15, 0.2) is 5.78 Å². The summed E-state index contributed by atoms with van der Waals surface area (Å²) < 4.78 is 0. The van der Waals surface area contributed by atoms with E-state index in [0.717, 1.165) is 24.8 Å².